The standard InChI is InChI=1S/C12H17N3O3/c1-3-15(4-2)11(16)8-9-6-5-7-10(13-9)14-12(17)18/h5-7H,3-4,8H2,1-2H3,(H,13,14)(H,17,18). The summed E-state index contributed by atoms with van der Waals surface area (Å²) in [5.74, 6) is 0.215. The maximum absolute atomic E-state index is 11.9. The summed E-state index contributed by atoms with van der Waals surface area (Å²) in [7, 11) is 0. The minimum Gasteiger partial charge on any atom is -0.465 e. The second kappa shape index (κ2) is 6.58. The van der Waals surface area contributed by atoms with Crippen molar-refractivity contribution < 1.29 is 14.7 Å². The maximum Gasteiger partial charge on any atom is 0.410 e. The van der Waals surface area contributed by atoms with Crippen LogP contribution in [0, 0.1) is 0 Å². The predicted molar refractivity (Wildman–Crippen MR) is 67.5 cm³/mol. The molecule has 2 N–H and O–H groups in total. The summed E-state index contributed by atoms with van der Waals surface area (Å²) in [5.41, 5.74) is 0.554. The van der Waals surface area contributed by atoms with Gasteiger partial charge in [0.05, 0.1) is 12.1 Å². The number of aromatic nitrogens is 1. The Morgan fingerprint density at radius 2 is 2.00 bits per heavy atom. The number of nitrogens with one attached hydrogen (secondary N) is 1. The highest BCUT2D eigenvalue weighted by Gasteiger charge is 2.11. The Bertz CT molecular complexity index is 430. The predicted octanol–water partition coefficient (Wildman–Crippen LogP) is 1.58. The van der Waals surface area contributed by atoms with Crippen molar-refractivity contribution in [1.29, 1.82) is 0 Å². The number of nitrogens with zero attached hydrogens (tertiary/aromatic N) is 2. The van der Waals surface area contributed by atoms with E-state index < -0.39 is 6.09 Å². The molecule has 0 aliphatic rings. The first-order valence-corrected chi connectivity index (χ1v) is 5.80. The van der Waals surface area contributed by atoms with E-state index in [1.165, 1.54) is 0 Å². The fourth-order valence-electron chi connectivity index (χ4n) is 1.60. The van der Waals surface area contributed by atoms with Gasteiger partial charge in [0.25, 0.3) is 0 Å². The van der Waals surface area contributed by atoms with Gasteiger partial charge in [0.2, 0.25) is 5.91 Å². The van der Waals surface area contributed by atoms with Gasteiger partial charge in [0.15, 0.2) is 0 Å². The van der Waals surface area contributed by atoms with Gasteiger partial charge in [-0.1, -0.05) is 6.07 Å². The molecule has 1 aromatic rings. The first-order chi connectivity index (χ1) is 8.56. The number of anilines is 1. The summed E-state index contributed by atoms with van der Waals surface area (Å²) >= 11 is 0. The normalized spacial score (nSPS) is 9.89. The van der Waals surface area contributed by atoms with Gasteiger partial charge in [0.1, 0.15) is 5.82 Å². The Labute approximate surface area is 106 Å². The molecule has 0 aliphatic heterocycles. The molecule has 0 aromatic carbocycles. The van der Waals surface area contributed by atoms with Crippen molar-refractivity contribution in [1.82, 2.24) is 9.88 Å². The van der Waals surface area contributed by atoms with Crippen molar-refractivity contribution in [2.75, 3.05) is 18.4 Å². The Morgan fingerprint density at radius 3 is 2.56 bits per heavy atom. The van der Waals surface area contributed by atoms with Crippen LogP contribution in [0.25, 0.3) is 0 Å². The highest BCUT2D eigenvalue weighted by Crippen LogP contribution is 2.06. The van der Waals surface area contributed by atoms with Gasteiger partial charge < -0.3 is 10.0 Å². The quantitative estimate of drug-likeness (QED) is 0.832. The van der Waals surface area contributed by atoms with Gasteiger partial charge in [-0.05, 0) is 26.0 Å². The number of rotatable bonds is 5. The minimum absolute atomic E-state index is 0.0139. The zero-order chi connectivity index (χ0) is 13.5. The molecule has 0 saturated carbocycles. The van der Waals surface area contributed by atoms with E-state index in [4.69, 9.17) is 5.11 Å². The van der Waals surface area contributed by atoms with Crippen molar-refractivity contribution in [3.8, 4) is 0 Å². The number of amides is 2. The summed E-state index contributed by atoms with van der Waals surface area (Å²) in [6, 6.07) is 4.91. The van der Waals surface area contributed by atoms with Crippen molar-refractivity contribution in [2.24, 2.45) is 0 Å². The molecule has 0 spiro atoms. The lowest BCUT2D eigenvalue weighted by molar-refractivity contribution is -0.130. The third-order valence-corrected chi connectivity index (χ3v) is 2.49. The van der Waals surface area contributed by atoms with E-state index in [9.17, 15) is 9.59 Å². The van der Waals surface area contributed by atoms with Crippen LogP contribution in [0.3, 0.4) is 0 Å². The van der Waals surface area contributed by atoms with E-state index in [2.05, 4.69) is 10.3 Å². The summed E-state index contributed by atoms with van der Waals surface area (Å²) in [6.45, 7) is 5.14. The molecule has 1 aromatic heterocycles. The lowest BCUT2D eigenvalue weighted by Gasteiger charge is -2.18. The molecule has 0 atom stereocenters. The molecule has 0 fully saturated rings. The molecule has 1 rings (SSSR count). The summed E-state index contributed by atoms with van der Waals surface area (Å²) in [5, 5.41) is 10.7. The second-order valence-electron chi connectivity index (χ2n) is 3.69. The highest BCUT2D eigenvalue weighted by molar-refractivity contribution is 5.82. The summed E-state index contributed by atoms with van der Waals surface area (Å²) in [6.07, 6.45) is -0.994. The fourth-order valence-corrected chi connectivity index (χ4v) is 1.60. The van der Waals surface area contributed by atoms with Gasteiger partial charge in [0, 0.05) is 13.1 Å². The highest BCUT2D eigenvalue weighted by atomic mass is 16.4. The molecular weight excluding hydrogens is 234 g/mol. The maximum atomic E-state index is 11.9. The lowest BCUT2D eigenvalue weighted by Crippen LogP contribution is -2.32. The molecule has 1 heterocycles. The molecule has 0 radical (unpaired) electrons. The minimum atomic E-state index is -1.17. The number of carbonyl (C=O) groups excluding carboxylic acids is 1. The number of hydrogen-bond donors (Lipinski definition) is 2. The van der Waals surface area contributed by atoms with Crippen molar-refractivity contribution in [3.63, 3.8) is 0 Å². The topological polar surface area (TPSA) is 82.5 Å². The average molecular weight is 251 g/mol. The Morgan fingerprint density at radius 1 is 1.33 bits per heavy atom. The molecule has 98 valence electrons. The van der Waals surface area contributed by atoms with Crippen molar-refractivity contribution in [3.05, 3.63) is 23.9 Å². The van der Waals surface area contributed by atoms with Crippen LogP contribution in [0.15, 0.2) is 18.2 Å². The Hall–Kier alpha value is -2.11. The van der Waals surface area contributed by atoms with Gasteiger partial charge in [-0.2, -0.15) is 0 Å². The zero-order valence-corrected chi connectivity index (χ0v) is 10.5. The molecule has 0 aliphatic carbocycles. The monoisotopic (exact) mass is 251 g/mol. The molecule has 6 nitrogen and oxygen atoms in total. The number of carboxylic acid groups (broad SMARTS) is 1. The Balaban J connectivity index is 2.72. The van der Waals surface area contributed by atoms with Crippen LogP contribution in [0.1, 0.15) is 19.5 Å². The van der Waals surface area contributed by atoms with Crippen molar-refractivity contribution in [2.45, 2.75) is 20.3 Å². The average Bonchev–Trinajstić information content (AvgIpc) is 2.30. The largest absolute Gasteiger partial charge is 0.465 e. The molecule has 18 heavy (non-hydrogen) atoms. The number of hydrogen-bond acceptors (Lipinski definition) is 3. The third kappa shape index (κ3) is 4.04. The summed E-state index contributed by atoms with van der Waals surface area (Å²) < 4.78 is 0. The Kier molecular flexibility index (Phi) is 5.10. The van der Waals surface area contributed by atoms with Gasteiger partial charge >= 0.3 is 6.09 Å². The third-order valence-electron chi connectivity index (χ3n) is 2.49. The second-order valence-corrected chi connectivity index (χ2v) is 3.69. The van der Waals surface area contributed by atoms with Crippen LogP contribution in [-0.4, -0.2) is 40.1 Å². The molecule has 2 amide bonds. The van der Waals surface area contributed by atoms with E-state index in [1.54, 1.807) is 23.1 Å². The number of carbonyl (C=O) groups is 2. The smallest absolute Gasteiger partial charge is 0.410 e. The molecule has 0 bridgehead atoms. The van der Waals surface area contributed by atoms with E-state index in [0.717, 1.165) is 0 Å². The van der Waals surface area contributed by atoms with Crippen LogP contribution < -0.4 is 5.32 Å². The first-order valence-electron chi connectivity index (χ1n) is 5.80. The van der Waals surface area contributed by atoms with Gasteiger partial charge in [-0.3, -0.25) is 10.1 Å². The van der Waals surface area contributed by atoms with E-state index >= 15 is 0 Å². The molecule has 0 saturated heterocycles. The molecule has 0 unspecified atom stereocenters. The fraction of sp³-hybridized carbons (Fsp3) is 0.417. The van der Waals surface area contributed by atoms with E-state index in [1.807, 2.05) is 13.8 Å². The summed E-state index contributed by atoms with van der Waals surface area (Å²) in [4.78, 5) is 28.1. The lowest BCUT2D eigenvalue weighted by atomic mass is 10.2. The van der Waals surface area contributed by atoms with E-state index in [-0.39, 0.29) is 18.1 Å². The molecule has 6 heteroatoms. The van der Waals surface area contributed by atoms with Crippen LogP contribution in [0.5, 0.6) is 0 Å². The number of likely N-dealkylation sites (N-methyl/N-ethyl adjacent to an activating group) is 1. The van der Waals surface area contributed by atoms with Crippen LogP contribution >= 0.6 is 0 Å². The molecular formula is C12H17N3O3. The zero-order valence-electron chi connectivity index (χ0n) is 10.5. The van der Waals surface area contributed by atoms with Crippen molar-refractivity contribution >= 4 is 17.8 Å². The van der Waals surface area contributed by atoms with Crippen LogP contribution in [0.2, 0.25) is 0 Å². The van der Waals surface area contributed by atoms with Crippen LogP contribution in [-0.2, 0) is 11.2 Å². The van der Waals surface area contributed by atoms with Gasteiger partial charge in [-0.25, -0.2) is 9.78 Å². The van der Waals surface area contributed by atoms with Crippen LogP contribution in [0.4, 0.5) is 10.6 Å². The first kappa shape index (κ1) is 14.0. The SMILES string of the molecule is CCN(CC)C(=O)Cc1cccc(NC(=O)O)n1. The van der Waals surface area contributed by atoms with Gasteiger partial charge in [-0.15, -0.1) is 0 Å². The van der Waals surface area contributed by atoms with E-state index in [0.29, 0.717) is 18.8 Å². The number of pyridine rings is 1.